The van der Waals surface area contributed by atoms with Gasteiger partial charge in [-0.25, -0.2) is 9.78 Å². The molecule has 0 fully saturated rings. The van der Waals surface area contributed by atoms with Crippen LogP contribution >= 0.6 is 35.3 Å². The number of esters is 1. The molecule has 2 aromatic rings. The van der Waals surface area contributed by atoms with Crippen molar-refractivity contribution in [1.29, 1.82) is 0 Å². The summed E-state index contributed by atoms with van der Waals surface area (Å²) in [6.45, 7) is 10.9. The molecule has 0 amide bonds. The van der Waals surface area contributed by atoms with Crippen LogP contribution in [0.2, 0.25) is 0 Å². The molecule has 1 atom stereocenters. The average Bonchev–Trinajstić information content (AvgIpc) is 3.02. The Balaban J connectivity index is 0.00000392. The van der Waals surface area contributed by atoms with Gasteiger partial charge in [-0.05, 0) is 45.7 Å². The van der Waals surface area contributed by atoms with Gasteiger partial charge in [0.1, 0.15) is 9.88 Å². The highest BCUT2D eigenvalue weighted by Crippen LogP contribution is 2.24. The summed E-state index contributed by atoms with van der Waals surface area (Å²) >= 11 is 1.36. The predicted octanol–water partition coefficient (Wildman–Crippen LogP) is 4.29. The van der Waals surface area contributed by atoms with Crippen molar-refractivity contribution in [2.75, 3.05) is 13.7 Å². The second-order valence-electron chi connectivity index (χ2n) is 6.41. The maximum absolute atomic E-state index is 12.0. The van der Waals surface area contributed by atoms with Gasteiger partial charge < -0.3 is 15.4 Å². The lowest BCUT2D eigenvalue weighted by molar-refractivity contribution is 0.0531. The minimum atomic E-state index is -0.316. The third kappa shape index (κ3) is 6.44. The van der Waals surface area contributed by atoms with Crippen LogP contribution in [0.15, 0.2) is 23.2 Å². The van der Waals surface area contributed by atoms with E-state index in [0.29, 0.717) is 29.7 Å². The minimum Gasteiger partial charge on any atom is -0.462 e. The Kier molecular flexibility index (Phi) is 9.88. The number of hydrogen-bond acceptors (Lipinski definition) is 5. The Morgan fingerprint density at radius 2 is 2.04 bits per heavy atom. The predicted molar refractivity (Wildman–Crippen MR) is 126 cm³/mol. The standard InChI is InChI=1S/C20H28N4O2S.HI/c1-7-26-19(25)17-14(4)23-18(27-17)15(5)24-20(21-6)22-11-16-9-8-12(2)10-13(16)3;/h8-10,15H,7,11H2,1-6H3,(H2,21,22,24);1H. The normalized spacial score (nSPS) is 12.1. The number of carbonyl (C=O) groups is 1. The van der Waals surface area contributed by atoms with E-state index in [1.54, 1.807) is 14.0 Å². The van der Waals surface area contributed by atoms with Gasteiger partial charge in [0.15, 0.2) is 5.96 Å². The summed E-state index contributed by atoms with van der Waals surface area (Å²) in [5, 5.41) is 7.49. The van der Waals surface area contributed by atoms with Crippen LogP contribution in [0.4, 0.5) is 0 Å². The molecule has 28 heavy (non-hydrogen) atoms. The Hall–Kier alpha value is -1.68. The molecule has 0 radical (unpaired) electrons. The zero-order valence-corrected chi connectivity index (χ0v) is 20.4. The number of hydrogen-bond donors (Lipinski definition) is 2. The first-order chi connectivity index (χ1) is 12.8. The summed E-state index contributed by atoms with van der Waals surface area (Å²) in [4.78, 5) is 21.3. The van der Waals surface area contributed by atoms with Crippen molar-refractivity contribution in [3.8, 4) is 0 Å². The first kappa shape index (κ1) is 24.4. The Labute approximate surface area is 188 Å². The number of carbonyl (C=O) groups excluding carboxylic acids is 1. The number of guanidine groups is 1. The molecule has 1 heterocycles. The molecule has 2 N–H and O–H groups in total. The second kappa shape index (κ2) is 11.4. The summed E-state index contributed by atoms with van der Waals surface area (Å²) in [7, 11) is 1.74. The molecule has 0 saturated heterocycles. The number of thiazole rings is 1. The molecular weight excluding hydrogens is 487 g/mol. The van der Waals surface area contributed by atoms with Gasteiger partial charge in [-0.15, -0.1) is 35.3 Å². The van der Waals surface area contributed by atoms with E-state index in [2.05, 4.69) is 52.7 Å². The third-order valence-corrected chi connectivity index (χ3v) is 5.49. The van der Waals surface area contributed by atoms with Crippen LogP contribution in [0.25, 0.3) is 0 Å². The molecule has 0 aliphatic rings. The smallest absolute Gasteiger partial charge is 0.350 e. The van der Waals surface area contributed by atoms with Crippen LogP contribution in [0.1, 0.15) is 57.0 Å². The van der Waals surface area contributed by atoms with Crippen molar-refractivity contribution in [3.63, 3.8) is 0 Å². The number of ether oxygens (including phenoxy) is 1. The van der Waals surface area contributed by atoms with Gasteiger partial charge in [0.2, 0.25) is 0 Å². The van der Waals surface area contributed by atoms with Gasteiger partial charge in [-0.1, -0.05) is 23.8 Å². The van der Waals surface area contributed by atoms with Crippen LogP contribution < -0.4 is 10.6 Å². The van der Waals surface area contributed by atoms with Crippen molar-refractivity contribution in [1.82, 2.24) is 15.6 Å². The summed E-state index contributed by atoms with van der Waals surface area (Å²) in [6, 6.07) is 6.33. The molecule has 0 saturated carbocycles. The SMILES string of the molecule is CCOC(=O)c1sc(C(C)NC(=NC)NCc2ccc(C)cc2C)nc1C.I. The molecular formula is C20H29IN4O2S. The van der Waals surface area contributed by atoms with Gasteiger partial charge in [-0.2, -0.15) is 0 Å². The Morgan fingerprint density at radius 1 is 1.32 bits per heavy atom. The van der Waals surface area contributed by atoms with Crippen LogP contribution in [0.5, 0.6) is 0 Å². The average molecular weight is 516 g/mol. The van der Waals surface area contributed by atoms with Gasteiger partial charge in [0, 0.05) is 13.6 Å². The van der Waals surface area contributed by atoms with E-state index in [0.717, 1.165) is 5.01 Å². The summed E-state index contributed by atoms with van der Waals surface area (Å²) in [5.41, 5.74) is 4.43. The minimum absolute atomic E-state index is 0. The molecule has 8 heteroatoms. The highest BCUT2D eigenvalue weighted by atomic mass is 127. The highest BCUT2D eigenvalue weighted by Gasteiger charge is 2.20. The van der Waals surface area contributed by atoms with E-state index in [4.69, 9.17) is 4.74 Å². The van der Waals surface area contributed by atoms with Gasteiger partial charge in [0.05, 0.1) is 18.3 Å². The Morgan fingerprint density at radius 3 is 2.64 bits per heavy atom. The number of aryl methyl sites for hydroxylation is 3. The fourth-order valence-corrected chi connectivity index (χ4v) is 3.64. The van der Waals surface area contributed by atoms with Crippen molar-refractivity contribution >= 4 is 47.2 Å². The molecule has 6 nitrogen and oxygen atoms in total. The molecule has 0 aliphatic carbocycles. The summed E-state index contributed by atoms with van der Waals surface area (Å²) in [5.74, 6) is 0.372. The topological polar surface area (TPSA) is 75.6 Å². The van der Waals surface area contributed by atoms with Crippen molar-refractivity contribution in [2.45, 2.75) is 47.2 Å². The van der Waals surface area contributed by atoms with Crippen LogP contribution in [-0.2, 0) is 11.3 Å². The third-order valence-electron chi connectivity index (χ3n) is 4.17. The number of benzene rings is 1. The fourth-order valence-electron chi connectivity index (χ4n) is 2.67. The summed E-state index contributed by atoms with van der Waals surface area (Å²) < 4.78 is 5.09. The van der Waals surface area contributed by atoms with E-state index in [9.17, 15) is 4.79 Å². The lowest BCUT2D eigenvalue weighted by Gasteiger charge is -2.17. The van der Waals surface area contributed by atoms with Crippen LogP contribution in [0, 0.1) is 20.8 Å². The molecule has 0 aliphatic heterocycles. The lowest BCUT2D eigenvalue weighted by atomic mass is 10.1. The van der Waals surface area contributed by atoms with E-state index < -0.39 is 0 Å². The maximum atomic E-state index is 12.0. The van der Waals surface area contributed by atoms with E-state index in [1.807, 2.05) is 13.8 Å². The highest BCUT2D eigenvalue weighted by molar-refractivity contribution is 14.0. The number of aliphatic imine (C=N–C) groups is 1. The fraction of sp³-hybridized carbons (Fsp3) is 0.450. The van der Waals surface area contributed by atoms with E-state index in [-0.39, 0.29) is 36.0 Å². The zero-order chi connectivity index (χ0) is 20.0. The number of rotatable bonds is 6. The van der Waals surface area contributed by atoms with Crippen molar-refractivity contribution in [2.24, 2.45) is 4.99 Å². The second-order valence-corrected chi connectivity index (χ2v) is 7.44. The molecule has 154 valence electrons. The van der Waals surface area contributed by atoms with Gasteiger partial charge >= 0.3 is 5.97 Å². The largest absolute Gasteiger partial charge is 0.462 e. The molecule has 1 aromatic carbocycles. The molecule has 0 bridgehead atoms. The van der Waals surface area contributed by atoms with E-state index >= 15 is 0 Å². The van der Waals surface area contributed by atoms with Gasteiger partial charge in [-0.3, -0.25) is 4.99 Å². The van der Waals surface area contributed by atoms with Crippen LogP contribution in [-0.4, -0.2) is 30.6 Å². The zero-order valence-electron chi connectivity index (χ0n) is 17.3. The maximum Gasteiger partial charge on any atom is 0.350 e. The summed E-state index contributed by atoms with van der Waals surface area (Å²) in [6.07, 6.45) is 0. The monoisotopic (exact) mass is 516 g/mol. The number of aromatic nitrogens is 1. The molecule has 0 spiro atoms. The number of nitrogens with zero attached hydrogens (tertiary/aromatic N) is 2. The van der Waals surface area contributed by atoms with Crippen molar-refractivity contribution in [3.05, 3.63) is 50.5 Å². The Bertz CT molecular complexity index is 836. The van der Waals surface area contributed by atoms with E-state index in [1.165, 1.54) is 28.0 Å². The quantitative estimate of drug-likeness (QED) is 0.259. The number of halogens is 1. The lowest BCUT2D eigenvalue weighted by Crippen LogP contribution is -2.38. The first-order valence-electron chi connectivity index (χ1n) is 9.03. The molecule has 1 unspecified atom stereocenters. The molecule has 1 aromatic heterocycles. The molecule has 2 rings (SSSR count). The van der Waals surface area contributed by atoms with Crippen molar-refractivity contribution < 1.29 is 9.53 Å². The van der Waals surface area contributed by atoms with Gasteiger partial charge in [0.25, 0.3) is 0 Å². The first-order valence-corrected chi connectivity index (χ1v) is 9.85. The van der Waals surface area contributed by atoms with Crippen LogP contribution in [0.3, 0.4) is 0 Å². The number of nitrogens with one attached hydrogen (secondary N) is 2.